The Bertz CT molecular complexity index is 991. The van der Waals surface area contributed by atoms with Gasteiger partial charge in [0, 0.05) is 28.6 Å². The van der Waals surface area contributed by atoms with Gasteiger partial charge in [-0.15, -0.1) is 23.1 Å². The summed E-state index contributed by atoms with van der Waals surface area (Å²) in [5, 5.41) is 5.03. The van der Waals surface area contributed by atoms with Gasteiger partial charge in [0.05, 0.1) is 56.7 Å². The maximum Gasteiger partial charge on any atom is 0.180 e. The smallest absolute Gasteiger partial charge is 0.180 e. The summed E-state index contributed by atoms with van der Waals surface area (Å²) < 4.78 is 58.5. The third kappa shape index (κ3) is 14.2. The minimum Gasteiger partial charge on any atom is -0.224 e. The molecule has 1 aliphatic rings. The minimum atomic E-state index is -3.20. The Morgan fingerprint density at radius 1 is 0.816 bits per heavy atom. The molecule has 38 heavy (non-hydrogen) atoms. The number of unbranched alkanes of at least 4 members (excludes halogenated alkanes) is 4. The zero-order chi connectivity index (χ0) is 28.3. The number of rotatable bonds is 20. The van der Waals surface area contributed by atoms with Crippen LogP contribution in [0.25, 0.3) is 0 Å². The Labute approximate surface area is 246 Å². The van der Waals surface area contributed by atoms with Gasteiger partial charge in [-0.1, -0.05) is 53.4 Å². The molecule has 8 nitrogen and oxygen atoms in total. The Morgan fingerprint density at radius 3 is 2.00 bits per heavy atom. The summed E-state index contributed by atoms with van der Waals surface area (Å²) in [5.74, 6) is 1.14. The van der Waals surface area contributed by atoms with E-state index in [1.807, 2.05) is 13.8 Å². The lowest BCUT2D eigenvalue weighted by molar-refractivity contribution is -0.191. The van der Waals surface area contributed by atoms with Crippen molar-refractivity contribution in [3.05, 3.63) is 21.1 Å². The summed E-state index contributed by atoms with van der Waals surface area (Å²) in [6, 6.07) is 0. The zero-order valence-electron chi connectivity index (χ0n) is 22.7. The van der Waals surface area contributed by atoms with Crippen molar-refractivity contribution in [2.75, 3.05) is 30.5 Å². The van der Waals surface area contributed by atoms with Crippen LogP contribution in [0.1, 0.15) is 79.1 Å². The van der Waals surface area contributed by atoms with E-state index >= 15 is 0 Å². The first kappa shape index (κ1) is 36.3. The van der Waals surface area contributed by atoms with Gasteiger partial charge in [0.25, 0.3) is 0 Å². The fourth-order valence-corrected chi connectivity index (χ4v) is 11.2. The third-order valence-corrected chi connectivity index (χ3v) is 13.0. The second-order valence-corrected chi connectivity index (χ2v) is 15.9. The molecule has 0 aromatic carbocycles. The van der Waals surface area contributed by atoms with Gasteiger partial charge in [-0.05, 0) is 31.1 Å². The largest absolute Gasteiger partial charge is 0.224 e. The van der Waals surface area contributed by atoms with Crippen LogP contribution in [0.4, 0.5) is 0 Å². The standard InChI is InChI=1S/C12H22O4S3.C12H20O4S3/c2*1-3-5-7-15-16-18-11-9-17-10-12(11)19(13,14)8-6-4-2/h10-11H,3-9H2,1-2H3;9-10H,3-8H2,1-2H3. The average molecular weight is 651 g/mol. The van der Waals surface area contributed by atoms with Gasteiger partial charge < -0.3 is 0 Å². The van der Waals surface area contributed by atoms with Gasteiger partial charge >= 0.3 is 0 Å². The Balaban J connectivity index is 0.000000380. The topological polar surface area (TPSA) is 105 Å². The van der Waals surface area contributed by atoms with E-state index in [-0.39, 0.29) is 16.8 Å². The van der Waals surface area contributed by atoms with Crippen LogP contribution in [-0.2, 0) is 38.1 Å². The molecule has 1 aromatic heterocycles. The predicted molar refractivity (Wildman–Crippen MR) is 162 cm³/mol. The Morgan fingerprint density at radius 2 is 1.39 bits per heavy atom. The molecule has 0 saturated heterocycles. The average Bonchev–Trinajstić information content (AvgIpc) is 3.57. The molecule has 0 fully saturated rings. The van der Waals surface area contributed by atoms with Crippen molar-refractivity contribution in [1.29, 1.82) is 0 Å². The summed E-state index contributed by atoms with van der Waals surface area (Å²) in [6.07, 6.45) is 7.07. The maximum absolute atomic E-state index is 12.1. The number of sulfone groups is 2. The van der Waals surface area contributed by atoms with Gasteiger partial charge in [-0.3, -0.25) is 0 Å². The van der Waals surface area contributed by atoms with E-state index in [0.29, 0.717) is 40.8 Å². The van der Waals surface area contributed by atoms with Gasteiger partial charge in [-0.25, -0.2) is 26.6 Å². The van der Waals surface area contributed by atoms with E-state index in [9.17, 15) is 16.8 Å². The lowest BCUT2D eigenvalue weighted by atomic mass is 10.4. The third-order valence-electron chi connectivity index (χ3n) is 5.12. The number of thioether (sulfide) groups is 1. The number of hydrogen-bond donors (Lipinski definition) is 0. The lowest BCUT2D eigenvalue weighted by Gasteiger charge is -2.12. The molecule has 0 radical (unpaired) electrons. The molecule has 2 rings (SSSR count). The molecule has 0 spiro atoms. The maximum atomic E-state index is 12.1. The zero-order valence-corrected chi connectivity index (χ0v) is 27.6. The van der Waals surface area contributed by atoms with Gasteiger partial charge in [0.15, 0.2) is 19.7 Å². The van der Waals surface area contributed by atoms with E-state index in [1.54, 1.807) is 16.2 Å². The first-order valence-electron chi connectivity index (χ1n) is 13.0. The monoisotopic (exact) mass is 650 g/mol. The van der Waals surface area contributed by atoms with Gasteiger partial charge in [0.2, 0.25) is 0 Å². The van der Waals surface area contributed by atoms with Gasteiger partial charge in [-0.2, -0.15) is 8.67 Å². The molecule has 0 N–H and O–H groups in total. The summed E-state index contributed by atoms with van der Waals surface area (Å²) in [7, 11) is -6.34. The highest BCUT2D eigenvalue weighted by atomic mass is 32.2. The number of thiophene rings is 1. The van der Waals surface area contributed by atoms with E-state index in [1.165, 1.54) is 23.1 Å². The van der Waals surface area contributed by atoms with Crippen LogP contribution in [0.3, 0.4) is 0 Å². The summed E-state index contributed by atoms with van der Waals surface area (Å²) >= 11 is 4.97. The van der Waals surface area contributed by atoms with Crippen LogP contribution in [0.2, 0.25) is 0 Å². The Hall–Kier alpha value is 0.230. The molecule has 14 heteroatoms. The van der Waals surface area contributed by atoms with Crippen molar-refractivity contribution in [3.8, 4) is 0 Å². The second kappa shape index (κ2) is 21.0. The molecule has 0 amide bonds. The van der Waals surface area contributed by atoms with Gasteiger partial charge in [0.1, 0.15) is 0 Å². The van der Waals surface area contributed by atoms with Crippen molar-refractivity contribution >= 4 is 66.9 Å². The first-order chi connectivity index (χ1) is 18.2. The van der Waals surface area contributed by atoms with Crippen LogP contribution in [0.15, 0.2) is 30.9 Å². The molecule has 0 bridgehead atoms. The SMILES string of the molecule is CCCCOOSC1CSC=C1S(=O)(=O)CCCC.CCCCOOSc1cscc1S(=O)(=O)CCCC. The predicted octanol–water partition coefficient (Wildman–Crippen LogP) is 7.63. The minimum absolute atomic E-state index is 0.145. The van der Waals surface area contributed by atoms with E-state index in [4.69, 9.17) is 18.4 Å². The molecule has 1 aliphatic heterocycles. The highest BCUT2D eigenvalue weighted by Crippen LogP contribution is 2.36. The molecular weight excluding hydrogens is 609 g/mol. The van der Waals surface area contributed by atoms with Crippen LogP contribution in [0.5, 0.6) is 0 Å². The number of hydrogen-bond acceptors (Lipinski definition) is 12. The van der Waals surface area contributed by atoms with E-state index in [0.717, 1.165) is 68.4 Å². The van der Waals surface area contributed by atoms with Crippen LogP contribution >= 0.6 is 47.2 Å². The highest BCUT2D eigenvalue weighted by molar-refractivity contribution is 8.07. The fourth-order valence-electron chi connectivity index (χ4n) is 2.79. The fraction of sp³-hybridized carbons (Fsp3) is 0.750. The lowest BCUT2D eigenvalue weighted by Crippen LogP contribution is -2.18. The molecule has 222 valence electrons. The van der Waals surface area contributed by atoms with Crippen molar-refractivity contribution in [3.63, 3.8) is 0 Å². The van der Waals surface area contributed by atoms with E-state index < -0.39 is 19.7 Å². The highest BCUT2D eigenvalue weighted by Gasteiger charge is 2.31. The first-order valence-corrected chi connectivity index (χ1v) is 19.8. The van der Waals surface area contributed by atoms with Crippen molar-refractivity contribution < 1.29 is 35.3 Å². The van der Waals surface area contributed by atoms with Crippen LogP contribution in [-0.4, -0.2) is 52.6 Å². The van der Waals surface area contributed by atoms with Crippen molar-refractivity contribution in [2.45, 2.75) is 94.1 Å². The van der Waals surface area contributed by atoms with Crippen LogP contribution < -0.4 is 0 Å². The molecule has 0 aliphatic carbocycles. The molecule has 0 saturated carbocycles. The Kier molecular flexibility index (Phi) is 20.0. The quantitative estimate of drug-likeness (QED) is 0.0602. The second-order valence-electron chi connectivity index (χ2n) is 8.45. The normalized spacial score (nSPS) is 15.8. The summed E-state index contributed by atoms with van der Waals surface area (Å²) in [4.78, 5) is 11.4. The summed E-state index contributed by atoms with van der Waals surface area (Å²) in [5.41, 5.74) is 0. The molecule has 2 heterocycles. The van der Waals surface area contributed by atoms with Crippen LogP contribution in [0, 0.1) is 0 Å². The van der Waals surface area contributed by atoms with Crippen molar-refractivity contribution in [1.82, 2.24) is 0 Å². The molecule has 1 unspecified atom stereocenters. The molecule has 1 aromatic rings. The molecular formula is C24H42O8S6. The van der Waals surface area contributed by atoms with Crippen molar-refractivity contribution in [2.24, 2.45) is 0 Å². The summed E-state index contributed by atoms with van der Waals surface area (Å²) in [6.45, 7) is 9.17. The van der Waals surface area contributed by atoms with E-state index in [2.05, 4.69) is 13.8 Å². The molecule has 1 atom stereocenters.